The predicted octanol–water partition coefficient (Wildman–Crippen LogP) is 4.11. The minimum Gasteiger partial charge on any atom is -0.353 e. The SMILES string of the molecule is CC1=Nc2c(Nc3ccc(-c4ncc(C)n4C)cc3S(C)(=O)=O)cc(CC(=O)C3CC3)nc2C1. The molecule has 176 valence electrons. The normalized spacial score (nSPS) is 15.2. The number of sulfone groups is 1. The molecule has 5 rings (SSSR count). The van der Waals surface area contributed by atoms with Crippen LogP contribution in [0.25, 0.3) is 11.4 Å². The summed E-state index contributed by atoms with van der Waals surface area (Å²) in [6, 6.07) is 7.07. The standard InChI is InChI=1S/C25H27N5O3S/c1-14-9-20-24(27-14)21(11-18(28-20)12-22(31)16-5-6-16)29-19-8-7-17(10-23(19)34(4,32)33)25-26-13-15(2)30(25)3/h7-8,10-11,13,16H,5-6,9,12H2,1-4H3,(H,28,29). The minimum atomic E-state index is -3.55. The zero-order valence-corrected chi connectivity index (χ0v) is 20.5. The molecule has 0 atom stereocenters. The van der Waals surface area contributed by atoms with E-state index in [4.69, 9.17) is 0 Å². The zero-order valence-electron chi connectivity index (χ0n) is 19.7. The molecule has 8 nitrogen and oxygen atoms in total. The smallest absolute Gasteiger partial charge is 0.177 e. The number of benzene rings is 1. The van der Waals surface area contributed by atoms with Gasteiger partial charge in [-0.1, -0.05) is 0 Å². The van der Waals surface area contributed by atoms with E-state index in [1.165, 1.54) is 6.26 Å². The molecule has 1 N–H and O–H groups in total. The topological polar surface area (TPSA) is 106 Å². The van der Waals surface area contributed by atoms with Crippen LogP contribution in [0.15, 0.2) is 40.4 Å². The summed E-state index contributed by atoms with van der Waals surface area (Å²) in [7, 11) is -1.65. The van der Waals surface area contributed by atoms with Crippen LogP contribution in [0.3, 0.4) is 0 Å². The molecule has 0 radical (unpaired) electrons. The van der Waals surface area contributed by atoms with Crippen molar-refractivity contribution in [1.29, 1.82) is 0 Å². The molecule has 1 saturated carbocycles. The molecule has 1 aliphatic carbocycles. The summed E-state index contributed by atoms with van der Waals surface area (Å²) < 4.78 is 27.4. The maximum Gasteiger partial charge on any atom is 0.177 e. The number of imidazole rings is 1. The van der Waals surface area contributed by atoms with Crippen LogP contribution in [-0.4, -0.2) is 40.7 Å². The molecule has 0 spiro atoms. The van der Waals surface area contributed by atoms with Crippen molar-refractivity contribution in [2.75, 3.05) is 11.6 Å². The third kappa shape index (κ3) is 4.27. The fraction of sp³-hybridized carbons (Fsp3) is 0.360. The largest absolute Gasteiger partial charge is 0.353 e. The summed E-state index contributed by atoms with van der Waals surface area (Å²) in [5.74, 6) is 1.06. The Labute approximate surface area is 199 Å². The first-order chi connectivity index (χ1) is 16.1. The second-order valence-electron chi connectivity index (χ2n) is 9.29. The third-order valence-corrected chi connectivity index (χ3v) is 7.50. The molecule has 0 amide bonds. The molecule has 9 heteroatoms. The number of fused-ring (bicyclic) bond motifs is 1. The van der Waals surface area contributed by atoms with Crippen molar-refractivity contribution in [2.24, 2.45) is 18.0 Å². The lowest BCUT2D eigenvalue weighted by molar-refractivity contribution is -0.119. The minimum absolute atomic E-state index is 0.156. The Hall–Kier alpha value is -3.33. The summed E-state index contributed by atoms with van der Waals surface area (Å²) in [6.45, 7) is 3.88. The van der Waals surface area contributed by atoms with Crippen LogP contribution < -0.4 is 5.32 Å². The number of aryl methyl sites for hydroxylation is 1. The van der Waals surface area contributed by atoms with Crippen LogP contribution >= 0.6 is 0 Å². The molecule has 1 fully saturated rings. The quantitative estimate of drug-likeness (QED) is 0.549. The summed E-state index contributed by atoms with van der Waals surface area (Å²) in [6.07, 6.45) is 5.76. The third-order valence-electron chi connectivity index (χ3n) is 6.36. The number of hydrogen-bond acceptors (Lipinski definition) is 7. The molecule has 0 unspecified atom stereocenters. The lowest BCUT2D eigenvalue weighted by Gasteiger charge is -2.16. The summed E-state index contributed by atoms with van der Waals surface area (Å²) >= 11 is 0. The number of hydrogen-bond donors (Lipinski definition) is 1. The van der Waals surface area contributed by atoms with Crippen LogP contribution in [-0.2, 0) is 34.5 Å². The first-order valence-electron chi connectivity index (χ1n) is 11.3. The molecular weight excluding hydrogens is 450 g/mol. The lowest BCUT2D eigenvalue weighted by Crippen LogP contribution is -2.09. The van der Waals surface area contributed by atoms with E-state index in [1.807, 2.05) is 37.6 Å². The fourth-order valence-electron chi connectivity index (χ4n) is 4.26. The van der Waals surface area contributed by atoms with Crippen LogP contribution in [0.5, 0.6) is 0 Å². The number of ketones is 1. The Bertz CT molecular complexity index is 1470. The Balaban J connectivity index is 1.56. The highest BCUT2D eigenvalue weighted by atomic mass is 32.2. The van der Waals surface area contributed by atoms with E-state index >= 15 is 0 Å². The van der Waals surface area contributed by atoms with Gasteiger partial charge in [0.25, 0.3) is 0 Å². The van der Waals surface area contributed by atoms with Crippen LogP contribution in [0, 0.1) is 12.8 Å². The number of carbonyl (C=O) groups excluding carboxylic acids is 1. The van der Waals surface area contributed by atoms with E-state index in [0.717, 1.165) is 29.9 Å². The van der Waals surface area contributed by atoms with Gasteiger partial charge in [0.1, 0.15) is 17.3 Å². The molecule has 3 heterocycles. The first-order valence-corrected chi connectivity index (χ1v) is 13.2. The monoisotopic (exact) mass is 477 g/mol. The van der Waals surface area contributed by atoms with Gasteiger partial charge in [-0.25, -0.2) is 13.4 Å². The number of anilines is 2. The van der Waals surface area contributed by atoms with Gasteiger partial charge in [-0.05, 0) is 51.0 Å². The number of pyridine rings is 1. The molecule has 2 aliphatic rings. The van der Waals surface area contributed by atoms with Gasteiger partial charge in [0.05, 0.1) is 27.7 Å². The van der Waals surface area contributed by atoms with Gasteiger partial charge in [-0.15, -0.1) is 0 Å². The molecule has 0 saturated heterocycles. The number of carbonyl (C=O) groups is 1. The first kappa shape index (κ1) is 22.5. The Kier molecular flexibility index (Phi) is 5.39. The van der Waals surface area contributed by atoms with Crippen molar-refractivity contribution in [3.05, 3.63) is 47.5 Å². The van der Waals surface area contributed by atoms with Gasteiger partial charge in [-0.2, -0.15) is 0 Å². The van der Waals surface area contributed by atoms with Gasteiger partial charge in [0.2, 0.25) is 0 Å². The van der Waals surface area contributed by atoms with Crippen molar-refractivity contribution < 1.29 is 13.2 Å². The Morgan fingerprint density at radius 2 is 1.94 bits per heavy atom. The van der Waals surface area contributed by atoms with E-state index in [2.05, 4.69) is 20.3 Å². The average Bonchev–Trinajstić information content (AvgIpc) is 3.48. The number of rotatable bonds is 7. The predicted molar refractivity (Wildman–Crippen MR) is 132 cm³/mol. The lowest BCUT2D eigenvalue weighted by atomic mass is 10.1. The molecular formula is C25H27N5O3S. The maximum atomic E-state index is 12.7. The molecule has 1 aliphatic heterocycles. The van der Waals surface area contributed by atoms with E-state index in [-0.39, 0.29) is 23.0 Å². The molecule has 34 heavy (non-hydrogen) atoms. The Morgan fingerprint density at radius 1 is 1.18 bits per heavy atom. The molecule has 2 aromatic heterocycles. The van der Waals surface area contributed by atoms with Crippen LogP contribution in [0.1, 0.15) is 36.8 Å². The molecule has 1 aromatic carbocycles. The maximum absolute atomic E-state index is 12.7. The van der Waals surface area contributed by atoms with E-state index < -0.39 is 9.84 Å². The number of nitrogens with zero attached hydrogens (tertiary/aromatic N) is 4. The van der Waals surface area contributed by atoms with Gasteiger partial charge in [0, 0.05) is 55.2 Å². The van der Waals surface area contributed by atoms with Crippen molar-refractivity contribution in [3.63, 3.8) is 0 Å². The second kappa shape index (κ2) is 8.16. The van der Waals surface area contributed by atoms with E-state index in [1.54, 1.807) is 18.3 Å². The molecule has 3 aromatic rings. The molecule has 0 bridgehead atoms. The van der Waals surface area contributed by atoms with Crippen LogP contribution in [0.4, 0.5) is 17.1 Å². The zero-order chi connectivity index (χ0) is 24.2. The van der Waals surface area contributed by atoms with Crippen molar-refractivity contribution in [1.82, 2.24) is 14.5 Å². The number of aliphatic imine (C=N–C) groups is 1. The van der Waals surface area contributed by atoms with Crippen molar-refractivity contribution in [2.45, 2.75) is 44.4 Å². The fourth-order valence-corrected chi connectivity index (χ4v) is 5.12. The van der Waals surface area contributed by atoms with Gasteiger partial charge in [0.15, 0.2) is 9.84 Å². The number of Topliss-reactive ketones (excluding diaryl/α,β-unsaturated/α-hetero) is 1. The van der Waals surface area contributed by atoms with Gasteiger partial charge < -0.3 is 9.88 Å². The summed E-state index contributed by atoms with van der Waals surface area (Å²) in [5, 5.41) is 3.29. The second-order valence-corrected chi connectivity index (χ2v) is 11.3. The highest BCUT2D eigenvalue weighted by molar-refractivity contribution is 7.90. The van der Waals surface area contributed by atoms with E-state index in [0.29, 0.717) is 40.6 Å². The highest BCUT2D eigenvalue weighted by Crippen LogP contribution is 2.39. The Morgan fingerprint density at radius 3 is 2.59 bits per heavy atom. The van der Waals surface area contributed by atoms with Gasteiger partial charge >= 0.3 is 0 Å². The highest BCUT2D eigenvalue weighted by Gasteiger charge is 2.30. The summed E-state index contributed by atoms with van der Waals surface area (Å²) in [4.78, 5) is 26.3. The summed E-state index contributed by atoms with van der Waals surface area (Å²) in [5.41, 5.74) is 5.92. The average molecular weight is 478 g/mol. The van der Waals surface area contributed by atoms with E-state index in [9.17, 15) is 13.2 Å². The van der Waals surface area contributed by atoms with Crippen molar-refractivity contribution >= 4 is 38.4 Å². The number of nitrogens with one attached hydrogen (secondary N) is 1. The number of aromatic nitrogens is 3. The van der Waals surface area contributed by atoms with Gasteiger partial charge in [-0.3, -0.25) is 14.8 Å². The van der Waals surface area contributed by atoms with Crippen LogP contribution in [0.2, 0.25) is 0 Å². The van der Waals surface area contributed by atoms with Crippen molar-refractivity contribution in [3.8, 4) is 11.4 Å².